The van der Waals surface area contributed by atoms with Gasteiger partial charge in [-0.1, -0.05) is 19.1 Å². The van der Waals surface area contributed by atoms with Gasteiger partial charge in [0.15, 0.2) is 0 Å². The summed E-state index contributed by atoms with van der Waals surface area (Å²) < 4.78 is 10.1. The molecular weight excluding hydrogens is 258 g/mol. The maximum absolute atomic E-state index is 12.2. The second-order valence-electron chi connectivity index (χ2n) is 5.48. The van der Waals surface area contributed by atoms with E-state index in [2.05, 4.69) is 13.2 Å². The minimum atomic E-state index is -0.787. The summed E-state index contributed by atoms with van der Waals surface area (Å²) in [4.78, 5) is 25.5. The first kappa shape index (κ1) is 18.2. The fourth-order valence-corrected chi connectivity index (χ4v) is 1.64. The Morgan fingerprint density at radius 1 is 1.30 bits per heavy atom. The summed E-state index contributed by atoms with van der Waals surface area (Å²) in [6.45, 7) is 14.5. The lowest BCUT2D eigenvalue weighted by atomic mass is 10.0. The molecule has 0 aromatic rings. The first-order valence-corrected chi connectivity index (χ1v) is 6.48. The molecule has 0 heterocycles. The smallest absolute Gasteiger partial charge is 0.411 e. The number of nitrogens with zero attached hydrogens (tertiary/aromatic N) is 1. The fourth-order valence-electron chi connectivity index (χ4n) is 1.64. The Hall–Kier alpha value is -1.78. The van der Waals surface area contributed by atoms with Gasteiger partial charge in [-0.2, -0.15) is 0 Å². The first-order chi connectivity index (χ1) is 9.17. The number of carbonyl (C=O) groups excluding carboxylic acids is 2. The molecule has 2 atom stereocenters. The minimum Gasteiger partial charge on any atom is -0.467 e. The third-order valence-corrected chi connectivity index (χ3v) is 2.60. The molecule has 0 aliphatic carbocycles. The van der Waals surface area contributed by atoms with E-state index in [9.17, 15) is 9.59 Å². The van der Waals surface area contributed by atoms with E-state index in [4.69, 9.17) is 9.47 Å². The lowest BCUT2D eigenvalue weighted by Crippen LogP contribution is -2.50. The van der Waals surface area contributed by atoms with Gasteiger partial charge in [-0.15, -0.1) is 13.2 Å². The van der Waals surface area contributed by atoms with Gasteiger partial charge in [-0.3, -0.25) is 4.90 Å². The Balaban J connectivity index is 5.36. The highest BCUT2D eigenvalue weighted by Crippen LogP contribution is 2.18. The van der Waals surface area contributed by atoms with Crippen molar-refractivity contribution in [3.05, 3.63) is 25.3 Å². The lowest BCUT2D eigenvalue weighted by Gasteiger charge is -2.33. The number of rotatable bonds is 6. The van der Waals surface area contributed by atoms with E-state index in [-0.39, 0.29) is 12.5 Å². The molecule has 2 unspecified atom stereocenters. The van der Waals surface area contributed by atoms with Gasteiger partial charge in [-0.25, -0.2) is 9.59 Å². The van der Waals surface area contributed by atoms with Crippen molar-refractivity contribution in [2.75, 3.05) is 13.7 Å². The molecule has 0 saturated heterocycles. The van der Waals surface area contributed by atoms with Crippen molar-refractivity contribution >= 4 is 12.1 Å². The SMILES string of the molecule is C=CCN(C(=O)OC(C)(C)C)C(C(=O)OC)C(C)C=C. The molecule has 0 spiro atoms. The van der Waals surface area contributed by atoms with Gasteiger partial charge in [0.25, 0.3) is 0 Å². The highest BCUT2D eigenvalue weighted by atomic mass is 16.6. The lowest BCUT2D eigenvalue weighted by molar-refractivity contribution is -0.147. The van der Waals surface area contributed by atoms with Crippen molar-refractivity contribution in [1.82, 2.24) is 4.90 Å². The molecule has 0 bridgehead atoms. The van der Waals surface area contributed by atoms with Gasteiger partial charge < -0.3 is 9.47 Å². The van der Waals surface area contributed by atoms with E-state index in [0.29, 0.717) is 0 Å². The van der Waals surface area contributed by atoms with Gasteiger partial charge in [0.2, 0.25) is 0 Å². The third-order valence-electron chi connectivity index (χ3n) is 2.60. The van der Waals surface area contributed by atoms with Crippen LogP contribution >= 0.6 is 0 Å². The van der Waals surface area contributed by atoms with Gasteiger partial charge in [-0.05, 0) is 20.8 Å². The van der Waals surface area contributed by atoms with Crippen LogP contribution in [0, 0.1) is 5.92 Å². The average molecular weight is 283 g/mol. The van der Waals surface area contributed by atoms with Gasteiger partial charge in [0, 0.05) is 12.5 Å². The maximum Gasteiger partial charge on any atom is 0.411 e. The molecule has 5 nitrogen and oxygen atoms in total. The normalized spacial score (nSPS) is 13.8. The Labute approximate surface area is 121 Å². The molecule has 5 heteroatoms. The van der Waals surface area contributed by atoms with E-state index in [0.717, 1.165) is 0 Å². The second-order valence-corrected chi connectivity index (χ2v) is 5.48. The number of hydrogen-bond acceptors (Lipinski definition) is 4. The summed E-state index contributed by atoms with van der Waals surface area (Å²) in [5, 5.41) is 0. The highest BCUT2D eigenvalue weighted by Gasteiger charge is 2.35. The van der Waals surface area contributed by atoms with Crippen LogP contribution in [0.2, 0.25) is 0 Å². The molecule has 0 aliphatic rings. The molecule has 20 heavy (non-hydrogen) atoms. The molecular formula is C15H25NO4. The summed E-state index contributed by atoms with van der Waals surface area (Å²) in [5.41, 5.74) is -0.644. The molecule has 0 saturated carbocycles. The van der Waals surface area contributed by atoms with Crippen molar-refractivity contribution in [1.29, 1.82) is 0 Å². The first-order valence-electron chi connectivity index (χ1n) is 6.48. The number of ether oxygens (including phenoxy) is 2. The molecule has 0 fully saturated rings. The Bertz CT molecular complexity index is 371. The highest BCUT2D eigenvalue weighted by molar-refractivity contribution is 5.82. The standard InChI is InChI=1S/C15H25NO4/c1-8-10-16(14(18)20-15(4,5)6)12(11(3)9-2)13(17)19-7/h8-9,11-12H,1-2,10H2,3-7H3. The van der Waals surface area contributed by atoms with E-state index < -0.39 is 23.7 Å². The van der Waals surface area contributed by atoms with Crippen LogP contribution in [0.1, 0.15) is 27.7 Å². The van der Waals surface area contributed by atoms with Crippen molar-refractivity contribution in [2.24, 2.45) is 5.92 Å². The van der Waals surface area contributed by atoms with Crippen LogP contribution in [0.5, 0.6) is 0 Å². The van der Waals surface area contributed by atoms with E-state index in [1.807, 2.05) is 0 Å². The number of amides is 1. The van der Waals surface area contributed by atoms with Crippen LogP contribution in [0.4, 0.5) is 4.79 Å². The van der Waals surface area contributed by atoms with Crippen molar-refractivity contribution in [3.8, 4) is 0 Å². The molecule has 0 aliphatic heterocycles. The summed E-state index contributed by atoms with van der Waals surface area (Å²) in [6, 6.07) is -0.787. The number of carbonyl (C=O) groups is 2. The molecule has 0 radical (unpaired) electrons. The van der Waals surface area contributed by atoms with Crippen LogP contribution in [0.25, 0.3) is 0 Å². The van der Waals surface area contributed by atoms with Gasteiger partial charge >= 0.3 is 12.1 Å². The van der Waals surface area contributed by atoms with Crippen LogP contribution in [-0.4, -0.2) is 42.3 Å². The van der Waals surface area contributed by atoms with Gasteiger partial charge in [0.05, 0.1) is 7.11 Å². The van der Waals surface area contributed by atoms with Crippen molar-refractivity contribution < 1.29 is 19.1 Å². The number of hydrogen-bond donors (Lipinski definition) is 0. The van der Waals surface area contributed by atoms with Crippen molar-refractivity contribution in [3.63, 3.8) is 0 Å². The summed E-state index contributed by atoms with van der Waals surface area (Å²) >= 11 is 0. The van der Waals surface area contributed by atoms with Gasteiger partial charge in [0.1, 0.15) is 11.6 Å². The summed E-state index contributed by atoms with van der Waals surface area (Å²) in [7, 11) is 1.28. The Morgan fingerprint density at radius 2 is 1.85 bits per heavy atom. The molecule has 0 rings (SSSR count). The van der Waals surface area contributed by atoms with Crippen LogP contribution in [0.3, 0.4) is 0 Å². The molecule has 0 aromatic heterocycles. The molecule has 1 amide bonds. The predicted octanol–water partition coefficient (Wildman–Crippen LogP) is 2.77. The number of methoxy groups -OCH3 is 1. The zero-order chi connectivity index (χ0) is 15.9. The second kappa shape index (κ2) is 7.72. The maximum atomic E-state index is 12.2. The Morgan fingerprint density at radius 3 is 2.20 bits per heavy atom. The largest absolute Gasteiger partial charge is 0.467 e. The summed E-state index contributed by atoms with van der Waals surface area (Å²) in [6.07, 6.45) is 2.55. The third kappa shape index (κ3) is 5.47. The molecule has 0 N–H and O–H groups in total. The zero-order valence-corrected chi connectivity index (χ0v) is 13.0. The number of esters is 1. The van der Waals surface area contributed by atoms with E-state index in [1.54, 1.807) is 33.8 Å². The average Bonchev–Trinajstić information content (AvgIpc) is 2.35. The van der Waals surface area contributed by atoms with Crippen LogP contribution < -0.4 is 0 Å². The fraction of sp³-hybridized carbons (Fsp3) is 0.600. The van der Waals surface area contributed by atoms with Crippen LogP contribution in [-0.2, 0) is 14.3 Å². The predicted molar refractivity (Wildman–Crippen MR) is 78.3 cm³/mol. The van der Waals surface area contributed by atoms with E-state index in [1.165, 1.54) is 18.1 Å². The van der Waals surface area contributed by atoms with E-state index >= 15 is 0 Å². The van der Waals surface area contributed by atoms with Crippen LogP contribution in [0.15, 0.2) is 25.3 Å². The Kier molecular flexibility index (Phi) is 7.04. The quantitative estimate of drug-likeness (QED) is 0.555. The zero-order valence-electron chi connectivity index (χ0n) is 13.0. The summed E-state index contributed by atoms with van der Waals surface area (Å²) in [5.74, 6) is -0.778. The topological polar surface area (TPSA) is 55.8 Å². The minimum absolute atomic E-state index is 0.187. The molecule has 0 aromatic carbocycles. The van der Waals surface area contributed by atoms with Crippen molar-refractivity contribution in [2.45, 2.75) is 39.3 Å². The monoisotopic (exact) mass is 283 g/mol. The molecule has 114 valence electrons.